The number of para-hydroxylation sites is 2. The van der Waals surface area contributed by atoms with Crippen molar-refractivity contribution in [3.63, 3.8) is 0 Å². The Labute approximate surface area is 219 Å². The van der Waals surface area contributed by atoms with Crippen LogP contribution in [0.3, 0.4) is 0 Å². The maximum absolute atomic E-state index is 12.3. The molecule has 4 aromatic rings. The first-order valence-electron chi connectivity index (χ1n) is 13.2. The van der Waals surface area contributed by atoms with Crippen LogP contribution in [-0.4, -0.2) is 35.7 Å². The minimum atomic E-state index is 0.00135. The number of nitrogens with zero attached hydrogens (tertiary/aromatic N) is 2. The van der Waals surface area contributed by atoms with Gasteiger partial charge in [0.25, 0.3) is 5.91 Å². The summed E-state index contributed by atoms with van der Waals surface area (Å²) in [4.78, 5) is 17.2. The van der Waals surface area contributed by atoms with Gasteiger partial charge >= 0.3 is 0 Å². The summed E-state index contributed by atoms with van der Waals surface area (Å²) in [5, 5.41) is 3.04. The van der Waals surface area contributed by atoms with Crippen LogP contribution < -0.4 is 14.8 Å². The van der Waals surface area contributed by atoms with Gasteiger partial charge in [0.1, 0.15) is 17.3 Å². The molecule has 1 amide bonds. The van der Waals surface area contributed by atoms with E-state index in [4.69, 9.17) is 14.5 Å². The van der Waals surface area contributed by atoms with E-state index in [0.29, 0.717) is 13.2 Å². The molecule has 0 bridgehead atoms. The number of ether oxygens (including phenoxy) is 2. The Kier molecular flexibility index (Phi) is 9.58. The van der Waals surface area contributed by atoms with Crippen LogP contribution in [0.25, 0.3) is 11.0 Å². The number of unbranched alkanes of at least 4 members (excludes halogenated alkanes) is 3. The summed E-state index contributed by atoms with van der Waals surface area (Å²) >= 11 is 0. The maximum atomic E-state index is 12.3. The summed E-state index contributed by atoms with van der Waals surface area (Å²) in [6.45, 7) is 4.30. The molecule has 0 aliphatic carbocycles. The van der Waals surface area contributed by atoms with Crippen molar-refractivity contribution in [3.05, 3.63) is 89.7 Å². The first-order valence-corrected chi connectivity index (χ1v) is 13.2. The quantitative estimate of drug-likeness (QED) is 0.205. The number of hydrogen-bond acceptors (Lipinski definition) is 4. The van der Waals surface area contributed by atoms with Crippen molar-refractivity contribution in [1.29, 1.82) is 0 Å². The third kappa shape index (κ3) is 7.59. The van der Waals surface area contributed by atoms with E-state index in [1.165, 1.54) is 5.52 Å². The van der Waals surface area contributed by atoms with Crippen LogP contribution in [0.2, 0.25) is 0 Å². The average molecular weight is 500 g/mol. The molecular formula is C31H37N3O3. The van der Waals surface area contributed by atoms with Gasteiger partial charge in [0.15, 0.2) is 0 Å². The zero-order chi connectivity index (χ0) is 25.9. The van der Waals surface area contributed by atoms with Crippen LogP contribution in [0, 0.1) is 6.92 Å². The minimum absolute atomic E-state index is 0.00135. The topological polar surface area (TPSA) is 65.4 Å². The molecule has 0 spiro atoms. The molecule has 0 fully saturated rings. The standard InChI is InChI=1S/C31H37N3O3/c1-24-11-10-12-25(23-24)31(35)32-20-7-3-4-15-30-33-28-13-5-6-14-29(28)34(30)21-8-9-22-37-27-18-16-26(36-2)17-19-27/h5-6,10-14,16-19,23H,3-4,7-9,15,20-22H2,1-2H3,(H,32,35). The van der Waals surface area contributed by atoms with Crippen molar-refractivity contribution in [2.24, 2.45) is 0 Å². The number of hydrogen-bond donors (Lipinski definition) is 1. The van der Waals surface area contributed by atoms with Gasteiger partial charge in [0, 0.05) is 25.1 Å². The number of carbonyl (C=O) groups is 1. The lowest BCUT2D eigenvalue weighted by Gasteiger charge is -2.11. The minimum Gasteiger partial charge on any atom is -0.497 e. The van der Waals surface area contributed by atoms with Gasteiger partial charge in [-0.3, -0.25) is 4.79 Å². The van der Waals surface area contributed by atoms with Gasteiger partial charge in [0.2, 0.25) is 0 Å². The number of imidazole rings is 1. The highest BCUT2D eigenvalue weighted by Crippen LogP contribution is 2.20. The molecule has 0 atom stereocenters. The molecule has 0 saturated carbocycles. The smallest absolute Gasteiger partial charge is 0.251 e. The molecule has 1 aromatic heterocycles. The van der Waals surface area contributed by atoms with E-state index in [-0.39, 0.29) is 5.91 Å². The Hall–Kier alpha value is -3.80. The highest BCUT2D eigenvalue weighted by molar-refractivity contribution is 5.94. The second kappa shape index (κ2) is 13.5. The fourth-order valence-corrected chi connectivity index (χ4v) is 4.47. The van der Waals surface area contributed by atoms with Gasteiger partial charge in [-0.05, 0) is 81.1 Å². The average Bonchev–Trinajstić information content (AvgIpc) is 3.28. The van der Waals surface area contributed by atoms with E-state index in [0.717, 1.165) is 79.0 Å². The summed E-state index contributed by atoms with van der Waals surface area (Å²) in [5.74, 6) is 2.84. The number of rotatable bonds is 14. The Morgan fingerprint density at radius 1 is 0.892 bits per heavy atom. The van der Waals surface area contributed by atoms with Crippen LogP contribution in [0.4, 0.5) is 0 Å². The van der Waals surface area contributed by atoms with Crippen molar-refractivity contribution < 1.29 is 14.3 Å². The van der Waals surface area contributed by atoms with Crippen molar-refractivity contribution in [2.75, 3.05) is 20.3 Å². The molecule has 1 heterocycles. The SMILES string of the molecule is COc1ccc(OCCCCn2c(CCCCCNC(=O)c3cccc(C)c3)nc3ccccc32)cc1. The van der Waals surface area contributed by atoms with Gasteiger partial charge in [-0.2, -0.15) is 0 Å². The molecule has 0 aliphatic rings. The molecule has 37 heavy (non-hydrogen) atoms. The fourth-order valence-electron chi connectivity index (χ4n) is 4.47. The molecule has 0 aliphatic heterocycles. The third-order valence-corrected chi connectivity index (χ3v) is 6.48. The number of aryl methyl sites for hydroxylation is 3. The fraction of sp³-hybridized carbons (Fsp3) is 0.355. The molecule has 4 rings (SSSR count). The predicted molar refractivity (Wildman–Crippen MR) is 149 cm³/mol. The van der Waals surface area contributed by atoms with Crippen molar-refractivity contribution in [3.8, 4) is 11.5 Å². The van der Waals surface area contributed by atoms with Crippen molar-refractivity contribution in [2.45, 2.75) is 52.0 Å². The second-order valence-electron chi connectivity index (χ2n) is 9.34. The molecule has 0 radical (unpaired) electrons. The van der Waals surface area contributed by atoms with Crippen LogP contribution >= 0.6 is 0 Å². The van der Waals surface area contributed by atoms with Crippen molar-refractivity contribution in [1.82, 2.24) is 14.9 Å². The van der Waals surface area contributed by atoms with Crippen LogP contribution in [0.5, 0.6) is 11.5 Å². The van der Waals surface area contributed by atoms with Gasteiger partial charge in [0.05, 0.1) is 24.8 Å². The molecular weight excluding hydrogens is 462 g/mol. The molecule has 0 unspecified atom stereocenters. The maximum Gasteiger partial charge on any atom is 0.251 e. The van der Waals surface area contributed by atoms with Gasteiger partial charge in [-0.15, -0.1) is 0 Å². The van der Waals surface area contributed by atoms with Crippen molar-refractivity contribution >= 4 is 16.9 Å². The molecule has 3 aromatic carbocycles. The zero-order valence-electron chi connectivity index (χ0n) is 21.9. The first kappa shape index (κ1) is 26.3. The second-order valence-corrected chi connectivity index (χ2v) is 9.34. The van der Waals surface area contributed by atoms with E-state index in [2.05, 4.69) is 28.1 Å². The van der Waals surface area contributed by atoms with E-state index < -0.39 is 0 Å². The predicted octanol–water partition coefficient (Wildman–Crippen LogP) is 6.36. The van der Waals surface area contributed by atoms with Crippen LogP contribution in [-0.2, 0) is 13.0 Å². The number of benzene rings is 3. The van der Waals surface area contributed by atoms with E-state index in [1.807, 2.05) is 61.5 Å². The summed E-state index contributed by atoms with van der Waals surface area (Å²) in [6, 6.07) is 23.8. The molecule has 0 saturated heterocycles. The number of methoxy groups -OCH3 is 1. The van der Waals surface area contributed by atoms with Crippen LogP contribution in [0.15, 0.2) is 72.8 Å². The number of aromatic nitrogens is 2. The molecule has 1 N–H and O–H groups in total. The third-order valence-electron chi connectivity index (χ3n) is 6.48. The molecule has 194 valence electrons. The summed E-state index contributed by atoms with van der Waals surface area (Å²) < 4.78 is 13.4. The number of carbonyl (C=O) groups excluding carboxylic acids is 1. The summed E-state index contributed by atoms with van der Waals surface area (Å²) in [6.07, 6.45) is 5.98. The van der Waals surface area contributed by atoms with Crippen LogP contribution in [0.1, 0.15) is 53.8 Å². The largest absolute Gasteiger partial charge is 0.497 e. The molecule has 6 heteroatoms. The lowest BCUT2D eigenvalue weighted by atomic mass is 10.1. The Bertz CT molecular complexity index is 1280. The van der Waals surface area contributed by atoms with Gasteiger partial charge < -0.3 is 19.4 Å². The number of nitrogens with one attached hydrogen (secondary N) is 1. The Morgan fingerprint density at radius 2 is 1.70 bits per heavy atom. The molecule has 6 nitrogen and oxygen atoms in total. The normalized spacial score (nSPS) is 11.0. The zero-order valence-corrected chi connectivity index (χ0v) is 21.9. The lowest BCUT2D eigenvalue weighted by Crippen LogP contribution is -2.24. The number of fused-ring (bicyclic) bond motifs is 1. The highest BCUT2D eigenvalue weighted by atomic mass is 16.5. The van der Waals surface area contributed by atoms with Gasteiger partial charge in [-0.25, -0.2) is 4.98 Å². The highest BCUT2D eigenvalue weighted by Gasteiger charge is 2.10. The van der Waals surface area contributed by atoms with E-state index in [9.17, 15) is 4.79 Å². The summed E-state index contributed by atoms with van der Waals surface area (Å²) in [5.41, 5.74) is 4.07. The first-order chi connectivity index (χ1) is 18.1. The summed E-state index contributed by atoms with van der Waals surface area (Å²) in [7, 11) is 1.66. The lowest BCUT2D eigenvalue weighted by molar-refractivity contribution is 0.0953. The Morgan fingerprint density at radius 3 is 2.51 bits per heavy atom. The monoisotopic (exact) mass is 499 g/mol. The Balaban J connectivity index is 1.21. The van der Waals surface area contributed by atoms with E-state index in [1.54, 1.807) is 7.11 Å². The van der Waals surface area contributed by atoms with Gasteiger partial charge in [-0.1, -0.05) is 36.2 Å². The van der Waals surface area contributed by atoms with E-state index >= 15 is 0 Å². The number of amides is 1.